The summed E-state index contributed by atoms with van der Waals surface area (Å²) in [5.41, 5.74) is 1.85. The Morgan fingerprint density at radius 3 is 2.84 bits per heavy atom. The molecular formula is C20H27N3O2. The van der Waals surface area contributed by atoms with Gasteiger partial charge in [0.2, 0.25) is 11.8 Å². The number of benzene rings is 1. The van der Waals surface area contributed by atoms with Gasteiger partial charge in [-0.05, 0) is 49.4 Å². The summed E-state index contributed by atoms with van der Waals surface area (Å²) in [6.07, 6.45) is 6.16. The van der Waals surface area contributed by atoms with E-state index >= 15 is 0 Å². The van der Waals surface area contributed by atoms with Gasteiger partial charge in [-0.3, -0.25) is 9.59 Å². The average Bonchev–Trinajstić information content (AvgIpc) is 3.27. The minimum absolute atomic E-state index is 0.194. The van der Waals surface area contributed by atoms with E-state index in [1.807, 2.05) is 29.2 Å². The number of anilines is 1. The summed E-state index contributed by atoms with van der Waals surface area (Å²) in [5.74, 6) is 0.906. The van der Waals surface area contributed by atoms with Crippen LogP contribution in [0.5, 0.6) is 0 Å². The summed E-state index contributed by atoms with van der Waals surface area (Å²) in [6.45, 7) is 3.17. The standard InChI is InChI=1S/C20H27N3O2/c24-18-5-3-11-23(18)17-8-6-15(7-9-17)12-22-19(25)20-10-2-1-4-16(20)13-21-14-20/h6-9,16,21H,1-5,10-14H2,(H,22,25)/t16-,20+/m0/s1. The van der Waals surface area contributed by atoms with Crippen LogP contribution in [0.15, 0.2) is 24.3 Å². The van der Waals surface area contributed by atoms with Crippen molar-refractivity contribution in [2.24, 2.45) is 11.3 Å². The molecule has 1 saturated carbocycles. The summed E-state index contributed by atoms with van der Waals surface area (Å²) >= 11 is 0. The molecule has 2 heterocycles. The first-order valence-electron chi connectivity index (χ1n) is 9.57. The van der Waals surface area contributed by atoms with Crippen LogP contribution in [0.25, 0.3) is 0 Å². The average molecular weight is 341 g/mol. The SMILES string of the molecule is O=C1CCCN1c1ccc(CNC(=O)[C@@]23CCCC[C@H]2CNC3)cc1. The highest BCUT2D eigenvalue weighted by Crippen LogP contribution is 2.43. The van der Waals surface area contributed by atoms with Gasteiger partial charge in [-0.1, -0.05) is 25.0 Å². The summed E-state index contributed by atoms with van der Waals surface area (Å²) in [4.78, 5) is 26.6. The number of amides is 2. The van der Waals surface area contributed by atoms with Crippen LogP contribution >= 0.6 is 0 Å². The first kappa shape index (κ1) is 16.6. The van der Waals surface area contributed by atoms with Gasteiger partial charge in [-0.2, -0.15) is 0 Å². The molecular weight excluding hydrogens is 314 g/mol. The molecule has 3 fully saturated rings. The van der Waals surface area contributed by atoms with Crippen LogP contribution in [0, 0.1) is 11.3 Å². The zero-order valence-corrected chi connectivity index (χ0v) is 14.7. The van der Waals surface area contributed by atoms with E-state index in [-0.39, 0.29) is 17.2 Å². The van der Waals surface area contributed by atoms with Gasteiger partial charge in [0, 0.05) is 31.7 Å². The quantitative estimate of drug-likeness (QED) is 0.883. The molecule has 1 aliphatic carbocycles. The van der Waals surface area contributed by atoms with Gasteiger partial charge in [0.05, 0.1) is 5.41 Å². The Hall–Kier alpha value is -1.88. The number of nitrogens with one attached hydrogen (secondary N) is 2. The Balaban J connectivity index is 1.38. The van der Waals surface area contributed by atoms with E-state index < -0.39 is 0 Å². The zero-order chi connectivity index (χ0) is 17.3. The van der Waals surface area contributed by atoms with E-state index in [1.165, 1.54) is 12.8 Å². The molecule has 2 amide bonds. The van der Waals surface area contributed by atoms with Gasteiger partial charge >= 0.3 is 0 Å². The number of fused-ring (bicyclic) bond motifs is 1. The van der Waals surface area contributed by atoms with E-state index in [4.69, 9.17) is 0 Å². The molecule has 2 aliphatic heterocycles. The lowest BCUT2D eigenvalue weighted by molar-refractivity contribution is -0.134. The second-order valence-corrected chi connectivity index (χ2v) is 7.73. The van der Waals surface area contributed by atoms with Crippen LogP contribution in [0.4, 0.5) is 5.69 Å². The number of hydrogen-bond donors (Lipinski definition) is 2. The molecule has 2 N–H and O–H groups in total. The first-order valence-corrected chi connectivity index (χ1v) is 9.57. The number of nitrogens with zero attached hydrogens (tertiary/aromatic N) is 1. The summed E-state index contributed by atoms with van der Waals surface area (Å²) in [6, 6.07) is 8.02. The van der Waals surface area contributed by atoms with Gasteiger partial charge in [0.15, 0.2) is 0 Å². The number of carbonyl (C=O) groups excluding carboxylic acids is 2. The third-order valence-corrected chi connectivity index (χ3v) is 6.26. The van der Waals surface area contributed by atoms with Crippen molar-refractivity contribution in [3.05, 3.63) is 29.8 Å². The number of carbonyl (C=O) groups is 2. The lowest BCUT2D eigenvalue weighted by Gasteiger charge is -2.37. The fourth-order valence-corrected chi connectivity index (χ4v) is 4.76. The topological polar surface area (TPSA) is 61.4 Å². The number of rotatable bonds is 4. The van der Waals surface area contributed by atoms with Crippen LogP contribution in [0.2, 0.25) is 0 Å². The predicted octanol–water partition coefficient (Wildman–Crippen LogP) is 2.21. The first-order chi connectivity index (χ1) is 12.2. The summed E-state index contributed by atoms with van der Waals surface area (Å²) in [7, 11) is 0. The Labute approximate surface area is 149 Å². The molecule has 5 heteroatoms. The highest BCUT2D eigenvalue weighted by molar-refractivity contribution is 5.95. The fraction of sp³-hybridized carbons (Fsp3) is 0.600. The minimum Gasteiger partial charge on any atom is -0.351 e. The molecule has 3 aliphatic rings. The molecule has 1 aromatic rings. The van der Waals surface area contributed by atoms with E-state index in [0.29, 0.717) is 18.9 Å². The van der Waals surface area contributed by atoms with E-state index in [2.05, 4.69) is 10.6 Å². The van der Waals surface area contributed by atoms with Crippen LogP contribution < -0.4 is 15.5 Å². The molecule has 5 nitrogen and oxygen atoms in total. The Morgan fingerprint density at radius 1 is 1.24 bits per heavy atom. The van der Waals surface area contributed by atoms with Gasteiger partial charge < -0.3 is 15.5 Å². The zero-order valence-electron chi connectivity index (χ0n) is 14.7. The van der Waals surface area contributed by atoms with Crippen molar-refractivity contribution in [1.29, 1.82) is 0 Å². The van der Waals surface area contributed by atoms with Crippen LogP contribution in [0.3, 0.4) is 0 Å². The third-order valence-electron chi connectivity index (χ3n) is 6.26. The summed E-state index contributed by atoms with van der Waals surface area (Å²) < 4.78 is 0. The van der Waals surface area contributed by atoms with Crippen molar-refractivity contribution in [2.45, 2.75) is 45.1 Å². The maximum atomic E-state index is 12.9. The van der Waals surface area contributed by atoms with Gasteiger partial charge in [0.25, 0.3) is 0 Å². The highest BCUT2D eigenvalue weighted by Gasteiger charge is 2.49. The lowest BCUT2D eigenvalue weighted by atomic mass is 9.67. The molecule has 0 spiro atoms. The molecule has 0 aromatic heterocycles. The van der Waals surface area contributed by atoms with Crippen molar-refractivity contribution in [3.8, 4) is 0 Å². The van der Waals surface area contributed by atoms with Crippen molar-refractivity contribution in [1.82, 2.24) is 10.6 Å². The second kappa shape index (κ2) is 6.79. The molecule has 2 saturated heterocycles. The molecule has 0 bridgehead atoms. The molecule has 25 heavy (non-hydrogen) atoms. The second-order valence-electron chi connectivity index (χ2n) is 7.73. The van der Waals surface area contributed by atoms with Gasteiger partial charge in [-0.15, -0.1) is 0 Å². The minimum atomic E-state index is -0.194. The smallest absolute Gasteiger partial charge is 0.228 e. The molecule has 2 atom stereocenters. The third kappa shape index (κ3) is 3.06. The van der Waals surface area contributed by atoms with Gasteiger partial charge in [0.1, 0.15) is 0 Å². The van der Waals surface area contributed by atoms with Crippen molar-refractivity contribution < 1.29 is 9.59 Å². The van der Waals surface area contributed by atoms with E-state index in [9.17, 15) is 9.59 Å². The molecule has 0 unspecified atom stereocenters. The molecule has 4 rings (SSSR count). The van der Waals surface area contributed by atoms with Crippen molar-refractivity contribution in [2.75, 3.05) is 24.5 Å². The Kier molecular flexibility index (Phi) is 4.50. The number of hydrogen-bond acceptors (Lipinski definition) is 3. The van der Waals surface area contributed by atoms with Crippen LogP contribution in [-0.2, 0) is 16.1 Å². The predicted molar refractivity (Wildman–Crippen MR) is 97.1 cm³/mol. The van der Waals surface area contributed by atoms with Crippen molar-refractivity contribution in [3.63, 3.8) is 0 Å². The Morgan fingerprint density at radius 2 is 2.08 bits per heavy atom. The maximum absolute atomic E-state index is 12.9. The van der Waals surface area contributed by atoms with E-state index in [0.717, 1.165) is 50.1 Å². The maximum Gasteiger partial charge on any atom is 0.228 e. The molecule has 134 valence electrons. The van der Waals surface area contributed by atoms with Crippen LogP contribution in [-0.4, -0.2) is 31.4 Å². The fourth-order valence-electron chi connectivity index (χ4n) is 4.76. The van der Waals surface area contributed by atoms with E-state index in [1.54, 1.807) is 0 Å². The molecule has 1 aromatic carbocycles. The van der Waals surface area contributed by atoms with Crippen molar-refractivity contribution >= 4 is 17.5 Å². The Bertz CT molecular complexity index is 657. The summed E-state index contributed by atoms with van der Waals surface area (Å²) in [5, 5.41) is 6.60. The normalized spacial score (nSPS) is 28.9. The van der Waals surface area contributed by atoms with Crippen LogP contribution in [0.1, 0.15) is 44.1 Å². The van der Waals surface area contributed by atoms with Gasteiger partial charge in [-0.25, -0.2) is 0 Å². The monoisotopic (exact) mass is 341 g/mol. The molecule has 0 radical (unpaired) electrons. The lowest BCUT2D eigenvalue weighted by Crippen LogP contribution is -2.47. The highest BCUT2D eigenvalue weighted by atomic mass is 16.2. The largest absolute Gasteiger partial charge is 0.351 e.